The van der Waals surface area contributed by atoms with Gasteiger partial charge in [-0.15, -0.1) is 0 Å². The second kappa shape index (κ2) is 19.5. The Hall–Kier alpha value is -2.67. The normalized spacial score (nSPS) is 14.7. The van der Waals surface area contributed by atoms with E-state index in [0.29, 0.717) is 11.7 Å². The summed E-state index contributed by atoms with van der Waals surface area (Å²) < 4.78 is 0. The summed E-state index contributed by atoms with van der Waals surface area (Å²) in [5, 5.41) is 10.6. The number of likely N-dealkylation sites (N-methyl/N-ethyl adjacent to an activating group) is 1. The molecule has 6 nitrogen and oxygen atoms in total. The molecule has 0 saturated heterocycles. The van der Waals surface area contributed by atoms with Crippen molar-refractivity contribution < 1.29 is 5.11 Å². The number of anilines is 1. The fraction of sp³-hybridized carbons (Fsp3) is 0.448. The molecule has 202 valence electrons. The molecule has 1 aromatic rings. The first-order valence-electron chi connectivity index (χ1n) is 12.6. The smallest absolute Gasteiger partial charge is 0.102 e. The molecule has 2 aliphatic rings. The van der Waals surface area contributed by atoms with Crippen molar-refractivity contribution in [2.24, 2.45) is 11.5 Å². The molecular weight excluding hydrogens is 470 g/mol. The van der Waals surface area contributed by atoms with E-state index in [4.69, 9.17) is 28.2 Å². The van der Waals surface area contributed by atoms with E-state index in [9.17, 15) is 0 Å². The second-order valence-corrected chi connectivity index (χ2v) is 8.50. The number of aliphatic hydroxyl groups excluding tert-OH is 1. The first kappa shape index (κ1) is 33.3. The molecule has 0 bridgehead atoms. The number of nitrogens with zero attached hydrogens (tertiary/aromatic N) is 2. The van der Waals surface area contributed by atoms with Gasteiger partial charge >= 0.3 is 0 Å². The first-order valence-corrected chi connectivity index (χ1v) is 13.0. The van der Waals surface area contributed by atoms with Crippen molar-refractivity contribution >= 4 is 22.9 Å². The molecule has 36 heavy (non-hydrogen) atoms. The maximum absolute atomic E-state index is 7.00. The average Bonchev–Trinajstić information content (AvgIpc) is 3.31. The van der Waals surface area contributed by atoms with E-state index >= 15 is 0 Å². The molecule has 0 atom stereocenters. The van der Waals surface area contributed by atoms with E-state index in [-0.39, 0.29) is 0 Å². The molecule has 0 saturated carbocycles. The van der Waals surface area contributed by atoms with Gasteiger partial charge in [-0.3, -0.25) is 0 Å². The predicted octanol–water partition coefficient (Wildman–Crippen LogP) is 5.45. The zero-order chi connectivity index (χ0) is 27.5. The number of aliphatic hydroxyl groups is 1. The molecule has 1 heterocycles. The monoisotopic (exact) mass is 517 g/mol. The number of rotatable bonds is 7. The number of benzene rings is 1. The van der Waals surface area contributed by atoms with Crippen molar-refractivity contribution in [3.8, 4) is 0 Å². The van der Waals surface area contributed by atoms with E-state index < -0.39 is 0 Å². The summed E-state index contributed by atoms with van der Waals surface area (Å²) >= 11 is 5.41. The lowest BCUT2D eigenvalue weighted by Gasteiger charge is -2.29. The zero-order valence-corrected chi connectivity index (χ0v) is 24.1. The minimum absolute atomic E-state index is 0.364. The van der Waals surface area contributed by atoms with Crippen LogP contribution in [0.3, 0.4) is 0 Å². The summed E-state index contributed by atoms with van der Waals surface area (Å²) in [6.45, 7) is 13.3. The summed E-state index contributed by atoms with van der Waals surface area (Å²) in [4.78, 5) is 4.62. The third-order valence-electron chi connectivity index (χ3n) is 5.55. The van der Waals surface area contributed by atoms with Gasteiger partial charge < -0.3 is 31.7 Å². The Balaban J connectivity index is 0.000000866. The molecule has 1 aromatic carbocycles. The summed E-state index contributed by atoms with van der Waals surface area (Å²) in [5.74, 6) is 0. The van der Waals surface area contributed by atoms with Crippen molar-refractivity contribution in [2.45, 2.75) is 47.5 Å². The quantitative estimate of drug-likeness (QED) is 0.284. The lowest BCUT2D eigenvalue weighted by molar-refractivity contribution is 0.399. The molecule has 1 aliphatic heterocycles. The van der Waals surface area contributed by atoms with Crippen LogP contribution >= 0.6 is 11.6 Å². The molecule has 6 N–H and O–H groups in total. The van der Waals surface area contributed by atoms with Gasteiger partial charge in [0, 0.05) is 39.1 Å². The molecule has 0 aromatic heterocycles. The zero-order valence-electron chi connectivity index (χ0n) is 23.3. The molecule has 0 spiro atoms. The Morgan fingerprint density at radius 1 is 1.28 bits per heavy atom. The van der Waals surface area contributed by atoms with Crippen molar-refractivity contribution in [1.29, 1.82) is 0 Å². The van der Waals surface area contributed by atoms with Crippen LogP contribution in [0, 0.1) is 6.92 Å². The minimum Gasteiger partial charge on any atom is -0.400 e. The third-order valence-corrected chi connectivity index (χ3v) is 5.85. The van der Waals surface area contributed by atoms with Crippen LogP contribution in [0.15, 0.2) is 71.2 Å². The highest BCUT2D eigenvalue weighted by atomic mass is 35.5. The molecule has 1 aliphatic carbocycles. The van der Waals surface area contributed by atoms with Gasteiger partial charge in [-0.1, -0.05) is 61.9 Å². The number of aryl methyl sites for hydroxylation is 1. The highest BCUT2D eigenvalue weighted by Crippen LogP contribution is 2.29. The van der Waals surface area contributed by atoms with E-state index in [1.807, 2.05) is 39.8 Å². The summed E-state index contributed by atoms with van der Waals surface area (Å²) in [6, 6.07) is 6.82. The van der Waals surface area contributed by atoms with E-state index in [1.165, 1.54) is 28.1 Å². The van der Waals surface area contributed by atoms with Gasteiger partial charge in [-0.2, -0.15) is 0 Å². The molecule has 3 rings (SSSR count). The fourth-order valence-corrected chi connectivity index (χ4v) is 3.76. The van der Waals surface area contributed by atoms with Crippen LogP contribution in [0.5, 0.6) is 0 Å². The van der Waals surface area contributed by atoms with Crippen molar-refractivity contribution in [1.82, 2.24) is 10.2 Å². The van der Waals surface area contributed by atoms with Crippen molar-refractivity contribution in [3.05, 3.63) is 82.3 Å². The van der Waals surface area contributed by atoms with E-state index in [2.05, 4.69) is 71.7 Å². The van der Waals surface area contributed by atoms with Crippen LogP contribution in [0.1, 0.15) is 51.7 Å². The Morgan fingerprint density at radius 2 is 1.97 bits per heavy atom. The van der Waals surface area contributed by atoms with Crippen molar-refractivity contribution in [2.75, 3.05) is 45.4 Å². The Morgan fingerprint density at radius 3 is 2.42 bits per heavy atom. The molecule has 0 radical (unpaired) electrons. The lowest BCUT2D eigenvalue weighted by atomic mass is 9.95. The predicted molar refractivity (Wildman–Crippen MR) is 160 cm³/mol. The highest BCUT2D eigenvalue weighted by Gasteiger charge is 2.16. The SMILES string of the molecule is C/C=C\C(C)=C(/N)Cl.CC.CO.Cc1cc(C2=CC=CCC2)ccc1N(CCN)CC1=CNCN1C. The molecule has 0 unspecified atom stereocenters. The van der Waals surface area contributed by atoms with Gasteiger partial charge in [0.05, 0.1) is 18.9 Å². The van der Waals surface area contributed by atoms with Crippen LogP contribution in [0.4, 0.5) is 5.69 Å². The molecule has 7 heteroatoms. The number of allylic oxidation sites excluding steroid dienone is 7. The summed E-state index contributed by atoms with van der Waals surface area (Å²) in [6.07, 6.45) is 14.8. The van der Waals surface area contributed by atoms with E-state index in [0.717, 1.165) is 45.3 Å². The van der Waals surface area contributed by atoms with Crippen LogP contribution in [0.25, 0.3) is 5.57 Å². The topological polar surface area (TPSA) is 90.8 Å². The van der Waals surface area contributed by atoms with Gasteiger partial charge in [0.25, 0.3) is 0 Å². The molecule has 0 amide bonds. The highest BCUT2D eigenvalue weighted by molar-refractivity contribution is 6.29. The maximum Gasteiger partial charge on any atom is 0.102 e. The van der Waals surface area contributed by atoms with Crippen LogP contribution in [0.2, 0.25) is 0 Å². The van der Waals surface area contributed by atoms with Gasteiger partial charge in [-0.25, -0.2) is 0 Å². The number of hydrogen-bond acceptors (Lipinski definition) is 6. The minimum atomic E-state index is 0.364. The van der Waals surface area contributed by atoms with Crippen molar-refractivity contribution in [3.63, 3.8) is 0 Å². The Bertz CT molecular complexity index is 914. The van der Waals surface area contributed by atoms with Crippen LogP contribution < -0.4 is 21.7 Å². The summed E-state index contributed by atoms with van der Waals surface area (Å²) in [7, 11) is 3.12. The molecular formula is C29H48ClN5O. The standard InChI is InChI=1S/C20H28N4.C6H10ClN.C2H6.CH4O/c1-16-12-18(17-6-4-3-5-7-17)8-9-20(16)24(11-10-21)14-19-13-22-15-23(19)2;1-3-4-5(2)6(7)8;2*1-2/h3-4,6,8-9,12-13,22H,5,7,10-11,14-15,21H2,1-2H3;3-4H,8H2,1-2H3;1-2H3;2H,1H3/b;4-3-,6-5-;;. The van der Waals surface area contributed by atoms with Crippen LogP contribution in [-0.4, -0.2) is 50.5 Å². The Labute approximate surface area is 224 Å². The number of hydrogen-bond donors (Lipinski definition) is 4. The second-order valence-electron chi connectivity index (χ2n) is 8.10. The summed E-state index contributed by atoms with van der Waals surface area (Å²) in [5.41, 5.74) is 18.6. The maximum atomic E-state index is 7.00. The average molecular weight is 518 g/mol. The van der Waals surface area contributed by atoms with Gasteiger partial charge in [0.15, 0.2) is 0 Å². The third kappa shape index (κ3) is 11.4. The molecule has 0 fully saturated rings. The number of halogens is 1. The first-order chi connectivity index (χ1) is 17.4. The van der Waals surface area contributed by atoms with Gasteiger partial charge in [-0.05, 0) is 68.0 Å². The Kier molecular flexibility index (Phi) is 18.1. The van der Waals surface area contributed by atoms with Gasteiger partial charge in [0.2, 0.25) is 0 Å². The largest absolute Gasteiger partial charge is 0.400 e. The van der Waals surface area contributed by atoms with Gasteiger partial charge in [0.1, 0.15) is 5.16 Å². The lowest BCUT2D eigenvalue weighted by Crippen LogP contribution is -2.34. The number of nitrogens with two attached hydrogens (primary N) is 2. The number of nitrogens with one attached hydrogen (secondary N) is 1. The van der Waals surface area contributed by atoms with Crippen LogP contribution in [-0.2, 0) is 0 Å². The fourth-order valence-electron chi connectivity index (χ4n) is 3.70. The van der Waals surface area contributed by atoms with E-state index in [1.54, 1.807) is 0 Å².